The van der Waals surface area contributed by atoms with E-state index >= 15 is 0 Å². The molecule has 2 nitrogen and oxygen atoms in total. The molecule has 2 heteroatoms. The number of allylic oxidation sites excluding steroid dienone is 2. The van der Waals surface area contributed by atoms with Crippen LogP contribution in [0.5, 0.6) is 0 Å². The second-order valence-electron chi connectivity index (χ2n) is 2.46. The predicted octanol–water partition coefficient (Wildman–Crippen LogP) is 0.653. The van der Waals surface area contributed by atoms with E-state index in [1.54, 1.807) is 0 Å². The monoisotopic (exact) mass is 128 g/mol. The van der Waals surface area contributed by atoms with Crippen LogP contribution in [0.1, 0.15) is 19.3 Å². The van der Waals surface area contributed by atoms with Crippen LogP contribution in [0.3, 0.4) is 0 Å². The van der Waals surface area contributed by atoms with Gasteiger partial charge in [-0.1, -0.05) is 12.2 Å². The Balaban J connectivity index is 2.35. The van der Waals surface area contributed by atoms with Crippen molar-refractivity contribution in [2.75, 3.05) is 0 Å². The number of hydrogen-bond donors (Lipinski definition) is 2. The molecule has 52 valence electrons. The van der Waals surface area contributed by atoms with E-state index in [9.17, 15) is 0 Å². The zero-order valence-corrected chi connectivity index (χ0v) is 5.33. The standard InChI is InChI=1S/C7H12O2/c8-7(9)6-4-2-1-3-5-6/h1-2,6-9H,3-5H2. The zero-order valence-electron chi connectivity index (χ0n) is 5.33. The quantitative estimate of drug-likeness (QED) is 0.402. The molecule has 1 unspecified atom stereocenters. The van der Waals surface area contributed by atoms with Crippen molar-refractivity contribution in [3.8, 4) is 0 Å². The Kier molecular flexibility index (Phi) is 2.25. The van der Waals surface area contributed by atoms with Gasteiger partial charge >= 0.3 is 0 Å². The Morgan fingerprint density at radius 2 is 2.11 bits per heavy atom. The summed E-state index contributed by atoms with van der Waals surface area (Å²) < 4.78 is 0. The lowest BCUT2D eigenvalue weighted by Crippen LogP contribution is -2.20. The SMILES string of the molecule is OC(O)C1CC=CCC1. The van der Waals surface area contributed by atoms with Crippen LogP contribution >= 0.6 is 0 Å². The molecule has 0 aromatic carbocycles. The molecule has 0 aromatic heterocycles. The average molecular weight is 128 g/mol. The van der Waals surface area contributed by atoms with E-state index in [1.807, 2.05) is 6.08 Å². The smallest absolute Gasteiger partial charge is 0.154 e. The van der Waals surface area contributed by atoms with Gasteiger partial charge in [0.2, 0.25) is 0 Å². The minimum absolute atomic E-state index is 0.0787. The molecule has 0 radical (unpaired) electrons. The van der Waals surface area contributed by atoms with Gasteiger partial charge < -0.3 is 10.2 Å². The van der Waals surface area contributed by atoms with Crippen LogP contribution in [0, 0.1) is 5.92 Å². The van der Waals surface area contributed by atoms with Crippen LogP contribution < -0.4 is 0 Å². The minimum Gasteiger partial charge on any atom is -0.368 e. The highest BCUT2D eigenvalue weighted by Crippen LogP contribution is 2.19. The maximum absolute atomic E-state index is 8.70. The summed E-state index contributed by atoms with van der Waals surface area (Å²) in [6.45, 7) is 0. The first-order chi connectivity index (χ1) is 4.30. The zero-order chi connectivity index (χ0) is 6.69. The van der Waals surface area contributed by atoms with Crippen molar-refractivity contribution < 1.29 is 10.2 Å². The Morgan fingerprint density at radius 3 is 2.44 bits per heavy atom. The fourth-order valence-electron chi connectivity index (χ4n) is 1.09. The highest BCUT2D eigenvalue weighted by Gasteiger charge is 2.15. The molecule has 0 saturated heterocycles. The third kappa shape index (κ3) is 1.80. The highest BCUT2D eigenvalue weighted by atomic mass is 16.5. The lowest BCUT2D eigenvalue weighted by molar-refractivity contribution is -0.0855. The van der Waals surface area contributed by atoms with Gasteiger partial charge in [-0.25, -0.2) is 0 Å². The topological polar surface area (TPSA) is 40.5 Å². The molecule has 1 aliphatic rings. The van der Waals surface area contributed by atoms with E-state index < -0.39 is 6.29 Å². The molecule has 1 atom stereocenters. The molecule has 0 aromatic rings. The van der Waals surface area contributed by atoms with Crippen LogP contribution in [0.15, 0.2) is 12.2 Å². The molecule has 0 aliphatic heterocycles. The summed E-state index contributed by atoms with van der Waals surface area (Å²) in [5.41, 5.74) is 0. The maximum atomic E-state index is 8.70. The van der Waals surface area contributed by atoms with Gasteiger partial charge in [0.1, 0.15) is 0 Å². The molecule has 0 fully saturated rings. The van der Waals surface area contributed by atoms with Crippen LogP contribution in [0.25, 0.3) is 0 Å². The number of rotatable bonds is 1. The summed E-state index contributed by atoms with van der Waals surface area (Å²) in [5, 5.41) is 17.4. The summed E-state index contributed by atoms with van der Waals surface area (Å²) in [6.07, 6.45) is 5.69. The van der Waals surface area contributed by atoms with E-state index in [-0.39, 0.29) is 5.92 Å². The second-order valence-corrected chi connectivity index (χ2v) is 2.46. The van der Waals surface area contributed by atoms with Gasteiger partial charge in [-0.05, 0) is 19.3 Å². The molecule has 0 heterocycles. The predicted molar refractivity (Wildman–Crippen MR) is 34.7 cm³/mol. The van der Waals surface area contributed by atoms with Crippen LogP contribution in [-0.2, 0) is 0 Å². The molecular formula is C7H12O2. The van der Waals surface area contributed by atoms with E-state index in [2.05, 4.69) is 6.08 Å². The summed E-state index contributed by atoms with van der Waals surface area (Å²) in [4.78, 5) is 0. The van der Waals surface area contributed by atoms with E-state index in [1.165, 1.54) is 0 Å². The van der Waals surface area contributed by atoms with Gasteiger partial charge in [0.05, 0.1) is 0 Å². The van der Waals surface area contributed by atoms with E-state index in [4.69, 9.17) is 10.2 Å². The fraction of sp³-hybridized carbons (Fsp3) is 0.714. The van der Waals surface area contributed by atoms with Gasteiger partial charge in [-0.3, -0.25) is 0 Å². The Morgan fingerprint density at radius 1 is 1.33 bits per heavy atom. The first kappa shape index (κ1) is 6.78. The van der Waals surface area contributed by atoms with Crippen LogP contribution in [0.2, 0.25) is 0 Å². The first-order valence-corrected chi connectivity index (χ1v) is 3.32. The van der Waals surface area contributed by atoms with Crippen LogP contribution in [0.4, 0.5) is 0 Å². The average Bonchev–Trinajstić information content (AvgIpc) is 1.90. The van der Waals surface area contributed by atoms with Crippen molar-refractivity contribution in [2.24, 2.45) is 5.92 Å². The molecule has 1 rings (SSSR count). The normalized spacial score (nSPS) is 27.2. The lowest BCUT2D eigenvalue weighted by Gasteiger charge is -2.18. The van der Waals surface area contributed by atoms with Crippen molar-refractivity contribution in [3.63, 3.8) is 0 Å². The van der Waals surface area contributed by atoms with Crippen LogP contribution in [-0.4, -0.2) is 16.5 Å². The molecule has 0 saturated carbocycles. The summed E-state index contributed by atoms with van der Waals surface area (Å²) in [6, 6.07) is 0. The van der Waals surface area contributed by atoms with Crippen molar-refractivity contribution in [1.29, 1.82) is 0 Å². The third-order valence-electron chi connectivity index (χ3n) is 1.73. The number of aliphatic hydroxyl groups is 2. The molecule has 2 N–H and O–H groups in total. The maximum Gasteiger partial charge on any atom is 0.154 e. The number of aliphatic hydroxyl groups excluding tert-OH is 1. The Labute approximate surface area is 54.8 Å². The van der Waals surface area contributed by atoms with Crippen molar-refractivity contribution in [3.05, 3.63) is 12.2 Å². The van der Waals surface area contributed by atoms with Gasteiger partial charge in [0.25, 0.3) is 0 Å². The molecule has 1 aliphatic carbocycles. The van der Waals surface area contributed by atoms with Gasteiger partial charge in [0.15, 0.2) is 6.29 Å². The van der Waals surface area contributed by atoms with Crippen molar-refractivity contribution in [1.82, 2.24) is 0 Å². The summed E-state index contributed by atoms with van der Waals surface area (Å²) in [7, 11) is 0. The summed E-state index contributed by atoms with van der Waals surface area (Å²) >= 11 is 0. The van der Waals surface area contributed by atoms with Gasteiger partial charge in [0, 0.05) is 5.92 Å². The highest BCUT2D eigenvalue weighted by molar-refractivity contribution is 4.90. The van der Waals surface area contributed by atoms with Gasteiger partial charge in [-0.2, -0.15) is 0 Å². The first-order valence-electron chi connectivity index (χ1n) is 3.32. The van der Waals surface area contributed by atoms with Crippen molar-refractivity contribution >= 4 is 0 Å². The molecule has 0 amide bonds. The Hall–Kier alpha value is -0.340. The molecule has 0 bridgehead atoms. The lowest BCUT2D eigenvalue weighted by atomic mass is 9.94. The second kappa shape index (κ2) is 2.99. The Bertz CT molecular complexity index is 107. The van der Waals surface area contributed by atoms with E-state index in [0.29, 0.717) is 0 Å². The molecular weight excluding hydrogens is 116 g/mol. The fourth-order valence-corrected chi connectivity index (χ4v) is 1.09. The molecule has 9 heavy (non-hydrogen) atoms. The minimum atomic E-state index is -1.12. The van der Waals surface area contributed by atoms with Gasteiger partial charge in [-0.15, -0.1) is 0 Å². The number of hydrogen-bond acceptors (Lipinski definition) is 2. The summed E-state index contributed by atoms with van der Waals surface area (Å²) in [5.74, 6) is 0.0787. The molecule has 0 spiro atoms. The third-order valence-corrected chi connectivity index (χ3v) is 1.73. The largest absolute Gasteiger partial charge is 0.368 e. The van der Waals surface area contributed by atoms with Crippen molar-refractivity contribution in [2.45, 2.75) is 25.6 Å². The van der Waals surface area contributed by atoms with E-state index in [0.717, 1.165) is 19.3 Å².